The van der Waals surface area contributed by atoms with Gasteiger partial charge in [-0.3, -0.25) is 13.9 Å². The molecule has 2 atom stereocenters. The van der Waals surface area contributed by atoms with Crippen LogP contribution >= 0.6 is 0 Å². The Bertz CT molecular complexity index is 1480. The molecule has 1 aliphatic rings. The molecule has 3 aromatic carbocycles. The third kappa shape index (κ3) is 7.00. The van der Waals surface area contributed by atoms with Gasteiger partial charge in [-0.1, -0.05) is 49.4 Å². The van der Waals surface area contributed by atoms with Crippen LogP contribution in [-0.2, 0) is 26.2 Å². The highest BCUT2D eigenvalue weighted by molar-refractivity contribution is 7.92. The van der Waals surface area contributed by atoms with E-state index in [4.69, 9.17) is 9.47 Å². The van der Waals surface area contributed by atoms with Crippen molar-refractivity contribution in [3.63, 3.8) is 0 Å². The van der Waals surface area contributed by atoms with Crippen LogP contribution in [0.1, 0.15) is 38.3 Å². The lowest BCUT2D eigenvalue weighted by molar-refractivity contribution is -0.139. The van der Waals surface area contributed by atoms with Gasteiger partial charge in [0.2, 0.25) is 11.8 Å². The standard InChI is InChI=1S/C31H37N3O6S/c1-5-23(3)32-31(36)24(4)33(20-25-12-10-9-11-22(25)2)30(35)21-34(41(37,38)27-13-7-6-8-14-27)26-15-16-28-29(19-26)40-18-17-39-28/h6-16,19,23-24H,5,17-18,20-21H2,1-4H3,(H,32,36)/t23-,24-/m0/s1. The minimum atomic E-state index is -4.17. The minimum absolute atomic E-state index is 0.0377. The number of rotatable bonds is 11. The highest BCUT2D eigenvalue weighted by Gasteiger charge is 2.33. The number of sulfonamides is 1. The van der Waals surface area contributed by atoms with Gasteiger partial charge in [-0.2, -0.15) is 0 Å². The number of fused-ring (bicyclic) bond motifs is 1. The number of nitrogens with one attached hydrogen (secondary N) is 1. The van der Waals surface area contributed by atoms with Crippen LogP contribution in [0.5, 0.6) is 11.5 Å². The first-order valence-corrected chi connectivity index (χ1v) is 15.2. The second-order valence-corrected chi connectivity index (χ2v) is 12.0. The molecule has 4 rings (SSSR count). The van der Waals surface area contributed by atoms with E-state index >= 15 is 0 Å². The molecular weight excluding hydrogens is 542 g/mol. The van der Waals surface area contributed by atoms with Gasteiger partial charge in [0.05, 0.1) is 10.6 Å². The van der Waals surface area contributed by atoms with Crippen LogP contribution in [0.15, 0.2) is 77.7 Å². The molecule has 0 unspecified atom stereocenters. The summed E-state index contributed by atoms with van der Waals surface area (Å²) in [5.41, 5.74) is 2.07. The first-order valence-electron chi connectivity index (χ1n) is 13.7. The second-order valence-electron chi connectivity index (χ2n) is 10.1. The molecule has 0 bridgehead atoms. The molecule has 0 saturated carbocycles. The summed E-state index contributed by atoms with van der Waals surface area (Å²) in [6, 6.07) is 19.4. The van der Waals surface area contributed by atoms with E-state index in [9.17, 15) is 18.0 Å². The van der Waals surface area contributed by atoms with Crippen molar-refractivity contribution in [1.29, 1.82) is 0 Å². The third-order valence-electron chi connectivity index (χ3n) is 7.19. The van der Waals surface area contributed by atoms with Crippen LogP contribution < -0.4 is 19.1 Å². The predicted molar refractivity (Wildman–Crippen MR) is 157 cm³/mol. The van der Waals surface area contributed by atoms with Crippen molar-refractivity contribution < 1.29 is 27.5 Å². The highest BCUT2D eigenvalue weighted by atomic mass is 32.2. The number of carbonyl (C=O) groups excluding carboxylic acids is 2. The van der Waals surface area contributed by atoms with Gasteiger partial charge in [0.25, 0.3) is 10.0 Å². The molecule has 2 amide bonds. The van der Waals surface area contributed by atoms with E-state index in [1.165, 1.54) is 17.0 Å². The fraction of sp³-hybridized carbons (Fsp3) is 0.355. The number of ether oxygens (including phenoxy) is 2. The van der Waals surface area contributed by atoms with Gasteiger partial charge >= 0.3 is 0 Å². The van der Waals surface area contributed by atoms with E-state index in [0.717, 1.165) is 21.9 Å². The lowest BCUT2D eigenvalue weighted by Gasteiger charge is -2.33. The predicted octanol–water partition coefficient (Wildman–Crippen LogP) is 4.29. The second kappa shape index (κ2) is 13.1. The van der Waals surface area contributed by atoms with Gasteiger partial charge in [0.1, 0.15) is 25.8 Å². The van der Waals surface area contributed by atoms with Crippen molar-refractivity contribution in [3.8, 4) is 11.5 Å². The molecule has 0 radical (unpaired) electrons. The lowest BCUT2D eigenvalue weighted by atomic mass is 10.1. The van der Waals surface area contributed by atoms with Gasteiger partial charge in [-0.25, -0.2) is 8.42 Å². The summed E-state index contributed by atoms with van der Waals surface area (Å²) in [6.45, 7) is 7.79. The van der Waals surface area contributed by atoms with Crippen molar-refractivity contribution in [2.45, 2.75) is 57.6 Å². The van der Waals surface area contributed by atoms with Crippen LogP contribution in [0, 0.1) is 6.92 Å². The molecular formula is C31H37N3O6S. The molecule has 0 fully saturated rings. The van der Waals surface area contributed by atoms with Gasteiger partial charge in [0.15, 0.2) is 11.5 Å². The normalized spacial score (nSPS) is 14.0. The Labute approximate surface area is 242 Å². The average molecular weight is 580 g/mol. The maximum Gasteiger partial charge on any atom is 0.264 e. The van der Waals surface area contributed by atoms with E-state index in [0.29, 0.717) is 24.7 Å². The van der Waals surface area contributed by atoms with Gasteiger partial charge < -0.3 is 19.7 Å². The molecule has 1 heterocycles. The van der Waals surface area contributed by atoms with Crippen molar-refractivity contribution in [2.24, 2.45) is 0 Å². The monoisotopic (exact) mass is 579 g/mol. The quantitative estimate of drug-likeness (QED) is 0.363. The molecule has 10 heteroatoms. The number of benzene rings is 3. The summed E-state index contributed by atoms with van der Waals surface area (Å²) >= 11 is 0. The van der Waals surface area contributed by atoms with E-state index < -0.39 is 28.5 Å². The van der Waals surface area contributed by atoms with Crippen LogP contribution in [0.3, 0.4) is 0 Å². The largest absolute Gasteiger partial charge is 0.486 e. The molecule has 0 aliphatic carbocycles. The van der Waals surface area contributed by atoms with Gasteiger partial charge in [0, 0.05) is 18.7 Å². The molecule has 0 saturated heterocycles. The number of hydrogen-bond donors (Lipinski definition) is 1. The number of hydrogen-bond acceptors (Lipinski definition) is 6. The van der Waals surface area contributed by atoms with Gasteiger partial charge in [-0.15, -0.1) is 0 Å². The van der Waals surface area contributed by atoms with E-state index in [1.807, 2.05) is 45.0 Å². The van der Waals surface area contributed by atoms with Crippen LogP contribution in [0.4, 0.5) is 5.69 Å². The fourth-order valence-corrected chi connectivity index (χ4v) is 5.88. The van der Waals surface area contributed by atoms with Crippen molar-refractivity contribution >= 4 is 27.5 Å². The summed E-state index contributed by atoms with van der Waals surface area (Å²) in [4.78, 5) is 28.8. The topological polar surface area (TPSA) is 105 Å². The summed E-state index contributed by atoms with van der Waals surface area (Å²) in [5.74, 6) is 0.0694. The zero-order valence-corrected chi connectivity index (χ0v) is 24.7. The Balaban J connectivity index is 1.73. The van der Waals surface area contributed by atoms with E-state index in [1.54, 1.807) is 43.3 Å². The van der Waals surface area contributed by atoms with Crippen LogP contribution in [0.25, 0.3) is 0 Å². The Morgan fingerprint density at radius 3 is 2.27 bits per heavy atom. The highest BCUT2D eigenvalue weighted by Crippen LogP contribution is 2.36. The molecule has 1 N–H and O–H groups in total. The summed E-state index contributed by atoms with van der Waals surface area (Å²) < 4.78 is 40.3. The fourth-order valence-electron chi connectivity index (χ4n) is 4.45. The summed E-state index contributed by atoms with van der Waals surface area (Å²) in [7, 11) is -4.17. The SMILES string of the molecule is CC[C@H](C)NC(=O)[C@H](C)N(Cc1ccccc1C)C(=O)CN(c1ccc2c(c1)OCCO2)S(=O)(=O)c1ccccc1. The molecule has 0 aromatic heterocycles. The zero-order valence-electron chi connectivity index (χ0n) is 23.9. The maximum absolute atomic E-state index is 14.1. The minimum Gasteiger partial charge on any atom is -0.486 e. The molecule has 9 nitrogen and oxygen atoms in total. The molecule has 0 spiro atoms. The van der Waals surface area contributed by atoms with E-state index in [-0.39, 0.29) is 29.1 Å². The number of carbonyl (C=O) groups is 2. The molecule has 1 aliphatic heterocycles. The van der Waals surface area contributed by atoms with E-state index in [2.05, 4.69) is 5.32 Å². The number of anilines is 1. The van der Waals surface area contributed by atoms with Crippen LogP contribution in [-0.4, -0.2) is 57.0 Å². The Kier molecular flexibility index (Phi) is 9.54. The maximum atomic E-state index is 14.1. The number of amides is 2. The first kappa shape index (κ1) is 29.9. The number of aryl methyl sites for hydroxylation is 1. The van der Waals surface area contributed by atoms with Gasteiger partial charge in [-0.05, 0) is 62.6 Å². The Morgan fingerprint density at radius 2 is 1.59 bits per heavy atom. The number of nitrogens with zero attached hydrogens (tertiary/aromatic N) is 2. The van der Waals surface area contributed by atoms with Crippen molar-refractivity contribution in [3.05, 3.63) is 83.9 Å². The Hall–Kier alpha value is -4.05. The summed E-state index contributed by atoms with van der Waals surface area (Å²) in [5, 5.41) is 2.95. The smallest absolute Gasteiger partial charge is 0.264 e. The summed E-state index contributed by atoms with van der Waals surface area (Å²) in [6.07, 6.45) is 0.734. The Morgan fingerprint density at radius 1 is 0.927 bits per heavy atom. The molecule has 218 valence electrons. The average Bonchev–Trinajstić information content (AvgIpc) is 2.99. The first-order chi connectivity index (χ1) is 19.6. The molecule has 41 heavy (non-hydrogen) atoms. The van der Waals surface area contributed by atoms with Crippen molar-refractivity contribution in [2.75, 3.05) is 24.1 Å². The zero-order chi connectivity index (χ0) is 29.6. The molecule has 3 aromatic rings. The third-order valence-corrected chi connectivity index (χ3v) is 8.98. The lowest BCUT2D eigenvalue weighted by Crippen LogP contribution is -2.52. The van der Waals surface area contributed by atoms with Crippen LogP contribution in [0.2, 0.25) is 0 Å². The van der Waals surface area contributed by atoms with Crippen molar-refractivity contribution in [1.82, 2.24) is 10.2 Å².